The molecule has 8 nitrogen and oxygen atoms in total. The van der Waals surface area contributed by atoms with Crippen molar-refractivity contribution in [3.05, 3.63) is 139 Å². The van der Waals surface area contributed by atoms with E-state index in [1.807, 2.05) is 123 Å². The summed E-state index contributed by atoms with van der Waals surface area (Å²) >= 11 is 0. The lowest BCUT2D eigenvalue weighted by Gasteiger charge is -2.28. The van der Waals surface area contributed by atoms with Crippen molar-refractivity contribution in [2.75, 3.05) is 4.90 Å². The van der Waals surface area contributed by atoms with Crippen molar-refractivity contribution in [2.45, 2.75) is 46.8 Å². The molecule has 0 radical (unpaired) electrons. The number of carboxylic acid groups (broad SMARTS) is 1. The summed E-state index contributed by atoms with van der Waals surface area (Å²) in [5.41, 5.74) is 3.50. The number of benzodiazepines with no additional fused rings is 1. The molecule has 48 heavy (non-hydrogen) atoms. The van der Waals surface area contributed by atoms with Crippen LogP contribution in [0, 0.1) is 17.8 Å². The molecule has 5 rings (SSSR count). The summed E-state index contributed by atoms with van der Waals surface area (Å²) in [6.45, 7) is 7.75. The van der Waals surface area contributed by atoms with Crippen LogP contribution in [0.15, 0.2) is 127 Å². The second kappa shape index (κ2) is 16.4. The predicted octanol–water partition coefficient (Wildman–Crippen LogP) is 7.88. The Hall–Kier alpha value is -5.50. The van der Waals surface area contributed by atoms with Gasteiger partial charge in [-0.05, 0) is 54.7 Å². The molecule has 4 aromatic carbocycles. The number of hydrogen-bond donors (Lipinski definition) is 2. The maximum absolute atomic E-state index is 14.5. The van der Waals surface area contributed by atoms with Crippen LogP contribution in [0.3, 0.4) is 0 Å². The highest BCUT2D eigenvalue weighted by molar-refractivity contribution is 6.20. The van der Waals surface area contributed by atoms with Gasteiger partial charge in [-0.25, -0.2) is 4.99 Å². The fourth-order valence-electron chi connectivity index (χ4n) is 5.85. The molecule has 0 bridgehead atoms. The predicted molar refractivity (Wildman–Crippen MR) is 190 cm³/mol. The van der Waals surface area contributed by atoms with Gasteiger partial charge >= 0.3 is 5.97 Å². The van der Waals surface area contributed by atoms with Gasteiger partial charge in [-0.1, -0.05) is 106 Å². The number of anilines is 1. The van der Waals surface area contributed by atoms with Crippen LogP contribution in [-0.4, -0.2) is 34.8 Å². The second-order valence-electron chi connectivity index (χ2n) is 12.0. The number of hydrogen-bond acceptors (Lipinski definition) is 5. The maximum Gasteiger partial charge on any atom is 0.307 e. The highest BCUT2D eigenvalue weighted by Gasteiger charge is 2.38. The summed E-state index contributed by atoms with van der Waals surface area (Å²) in [4.78, 5) is 47.3. The summed E-state index contributed by atoms with van der Waals surface area (Å²) in [7, 11) is 0. The number of para-hydroxylation sites is 2. The van der Waals surface area contributed by atoms with Crippen LogP contribution < -0.4 is 15.0 Å². The van der Waals surface area contributed by atoms with Gasteiger partial charge in [-0.3, -0.25) is 14.4 Å². The van der Waals surface area contributed by atoms with E-state index in [-0.39, 0.29) is 26.3 Å². The summed E-state index contributed by atoms with van der Waals surface area (Å²) in [6, 6.07) is 34.0. The molecule has 3 atom stereocenters. The summed E-state index contributed by atoms with van der Waals surface area (Å²) in [6.07, 6.45) is 0.651. The average molecular weight is 646 g/mol. The number of allylic oxidation sites excluding steroid dienone is 1. The Morgan fingerprint density at radius 2 is 1.56 bits per heavy atom. The third kappa shape index (κ3) is 8.45. The van der Waals surface area contributed by atoms with Crippen LogP contribution in [0.25, 0.3) is 0 Å². The Kier molecular flexibility index (Phi) is 12.1. The third-order valence-corrected chi connectivity index (χ3v) is 8.04. The van der Waals surface area contributed by atoms with Crippen LogP contribution in [0.2, 0.25) is 0 Å². The van der Waals surface area contributed by atoms with Gasteiger partial charge in [0, 0.05) is 11.1 Å². The smallest absolute Gasteiger partial charge is 0.307 e. The van der Waals surface area contributed by atoms with Crippen molar-refractivity contribution < 1.29 is 24.2 Å². The Morgan fingerprint density at radius 3 is 2.23 bits per heavy atom. The van der Waals surface area contributed by atoms with Gasteiger partial charge in [-0.2, -0.15) is 0 Å². The Balaban J connectivity index is 0.00000520. The van der Waals surface area contributed by atoms with Crippen molar-refractivity contribution in [2.24, 2.45) is 22.7 Å². The monoisotopic (exact) mass is 645 g/mol. The van der Waals surface area contributed by atoms with E-state index in [9.17, 15) is 19.5 Å². The molecular weight excluding hydrogens is 602 g/mol. The maximum atomic E-state index is 14.5. The van der Waals surface area contributed by atoms with E-state index in [0.717, 1.165) is 16.7 Å². The fraction of sp³-hybridized carbons (Fsp3) is 0.250. The Labute approximate surface area is 282 Å². The summed E-state index contributed by atoms with van der Waals surface area (Å²) in [5.74, 6) is -2.59. The SMILES string of the molecule is C.C=CC[C@H](C(=O)O)[C@@H](CC(C)C)C(=O)NC1N=C(c2ccccc2)c2ccccc2N(Cc2cccc(Oc3ccccc3)c2)C1=O. The molecule has 0 aromatic heterocycles. The molecule has 0 aliphatic carbocycles. The van der Waals surface area contributed by atoms with Gasteiger partial charge < -0.3 is 20.1 Å². The molecule has 0 fully saturated rings. The van der Waals surface area contributed by atoms with E-state index in [4.69, 9.17) is 9.73 Å². The molecule has 0 spiro atoms. The largest absolute Gasteiger partial charge is 0.481 e. The number of carbonyl (C=O) groups is 3. The van der Waals surface area contributed by atoms with Crippen molar-refractivity contribution in [1.29, 1.82) is 0 Å². The molecule has 4 aromatic rings. The zero-order valence-electron chi connectivity index (χ0n) is 26.6. The Bertz CT molecular complexity index is 1750. The van der Waals surface area contributed by atoms with Crippen LogP contribution in [0.5, 0.6) is 11.5 Å². The lowest BCUT2D eigenvalue weighted by molar-refractivity contribution is -0.147. The van der Waals surface area contributed by atoms with Crippen molar-refractivity contribution in [1.82, 2.24) is 5.32 Å². The molecule has 1 heterocycles. The van der Waals surface area contributed by atoms with Crippen molar-refractivity contribution >= 4 is 29.2 Å². The van der Waals surface area contributed by atoms with Gasteiger partial charge in [0.2, 0.25) is 12.1 Å². The number of amides is 2. The summed E-state index contributed by atoms with van der Waals surface area (Å²) in [5, 5.41) is 12.9. The second-order valence-corrected chi connectivity index (χ2v) is 12.0. The minimum atomic E-state index is -1.30. The number of benzene rings is 4. The number of ether oxygens (including phenoxy) is 1. The highest BCUT2D eigenvalue weighted by atomic mass is 16.5. The van der Waals surface area contributed by atoms with Gasteiger partial charge in [-0.15, -0.1) is 6.58 Å². The molecule has 1 unspecified atom stereocenters. The number of nitrogens with one attached hydrogen (secondary N) is 1. The first-order valence-corrected chi connectivity index (χ1v) is 15.7. The number of nitrogens with zero attached hydrogens (tertiary/aromatic N) is 2. The minimum absolute atomic E-state index is 0. The van der Waals surface area contributed by atoms with E-state index >= 15 is 0 Å². The molecule has 248 valence electrons. The summed E-state index contributed by atoms with van der Waals surface area (Å²) < 4.78 is 6.06. The zero-order valence-corrected chi connectivity index (χ0v) is 26.6. The van der Waals surface area contributed by atoms with E-state index in [0.29, 0.717) is 29.3 Å². The van der Waals surface area contributed by atoms with Crippen LogP contribution in [-0.2, 0) is 20.9 Å². The van der Waals surface area contributed by atoms with Gasteiger partial charge in [0.1, 0.15) is 11.5 Å². The van der Waals surface area contributed by atoms with Crippen LogP contribution in [0.4, 0.5) is 5.69 Å². The van der Waals surface area contributed by atoms with E-state index in [1.54, 1.807) is 4.90 Å². The fourth-order valence-corrected chi connectivity index (χ4v) is 5.85. The molecular formula is C40H43N3O5. The molecule has 1 aliphatic rings. The first-order chi connectivity index (χ1) is 22.7. The lowest BCUT2D eigenvalue weighted by atomic mass is 9.82. The number of aliphatic imine (C=N–C) groups is 1. The van der Waals surface area contributed by atoms with Crippen LogP contribution in [0.1, 0.15) is 50.8 Å². The average Bonchev–Trinajstić information content (AvgIpc) is 3.18. The van der Waals surface area contributed by atoms with Crippen LogP contribution >= 0.6 is 0 Å². The number of rotatable bonds is 13. The molecule has 2 N–H and O–H groups in total. The minimum Gasteiger partial charge on any atom is -0.481 e. The van der Waals surface area contributed by atoms with Crippen molar-refractivity contribution in [3.8, 4) is 11.5 Å². The number of fused-ring (bicyclic) bond motifs is 1. The van der Waals surface area contributed by atoms with Gasteiger partial charge in [0.25, 0.3) is 5.91 Å². The molecule has 2 amide bonds. The van der Waals surface area contributed by atoms with Crippen molar-refractivity contribution in [3.63, 3.8) is 0 Å². The number of carboxylic acids is 1. The van der Waals surface area contributed by atoms with E-state index < -0.39 is 35.8 Å². The first kappa shape index (κ1) is 35.4. The zero-order chi connectivity index (χ0) is 33.3. The first-order valence-electron chi connectivity index (χ1n) is 15.7. The Morgan fingerprint density at radius 1 is 0.917 bits per heavy atom. The molecule has 0 saturated heterocycles. The van der Waals surface area contributed by atoms with E-state index in [2.05, 4.69) is 11.9 Å². The number of aliphatic carboxylic acids is 1. The lowest BCUT2D eigenvalue weighted by Crippen LogP contribution is -2.50. The van der Waals surface area contributed by atoms with Gasteiger partial charge in [0.15, 0.2) is 0 Å². The standard InChI is InChI=1S/C39H39N3O5.CH4/c1-4-14-31(39(45)46)33(23-26(2)3)37(43)41-36-38(44)42(25-27-15-13-20-30(24-27)47-29-18-9-6-10-19-29)34-22-12-11-21-32(34)35(40-36)28-16-7-5-8-17-28;/h4-13,15-22,24,26,31,33,36H,1,14,23,25H2,2-3H3,(H,41,43)(H,45,46);1H4/t31-,33+,36?;/m0./s1. The normalized spacial score (nSPS) is 15.2. The molecule has 1 aliphatic heterocycles. The highest BCUT2D eigenvalue weighted by Crippen LogP contribution is 2.32. The topological polar surface area (TPSA) is 108 Å². The molecule has 0 saturated carbocycles. The number of carbonyl (C=O) groups excluding carboxylic acids is 2. The third-order valence-electron chi connectivity index (χ3n) is 8.04. The van der Waals surface area contributed by atoms with E-state index in [1.165, 1.54) is 6.08 Å². The van der Waals surface area contributed by atoms with Gasteiger partial charge in [0.05, 0.1) is 29.8 Å². The molecule has 8 heteroatoms. The quantitative estimate of drug-likeness (QED) is 0.144.